The molecule has 0 aliphatic carbocycles. The van der Waals surface area contributed by atoms with Crippen molar-refractivity contribution in [1.29, 1.82) is 0 Å². The molecule has 3 rings (SSSR count). The zero-order valence-electron chi connectivity index (χ0n) is 16.2. The van der Waals surface area contributed by atoms with E-state index in [1.54, 1.807) is 24.3 Å². The molecule has 1 heterocycles. The molecule has 0 radical (unpaired) electrons. The Kier molecular flexibility index (Phi) is 7.83. The smallest absolute Gasteiger partial charge is 0.266 e. The number of halogens is 2. The van der Waals surface area contributed by atoms with Crippen LogP contribution in [-0.4, -0.2) is 34.9 Å². The van der Waals surface area contributed by atoms with Gasteiger partial charge in [-0.15, -0.1) is 6.58 Å². The first-order valence-electron chi connectivity index (χ1n) is 9.06. The Morgan fingerprint density at radius 3 is 2.53 bits per heavy atom. The van der Waals surface area contributed by atoms with Gasteiger partial charge < -0.3 is 9.47 Å². The van der Waals surface area contributed by atoms with E-state index in [1.165, 1.54) is 16.7 Å². The topological polar surface area (TPSA) is 38.8 Å². The first-order chi connectivity index (χ1) is 14.4. The van der Waals surface area contributed by atoms with E-state index in [-0.39, 0.29) is 5.91 Å². The lowest BCUT2D eigenvalue weighted by molar-refractivity contribution is -0.121. The Bertz CT molecular complexity index is 1020. The minimum absolute atomic E-state index is 0.127. The zero-order valence-corrected chi connectivity index (χ0v) is 19.3. The SMILES string of the molecule is C=CCN1C(=O)C(=Cc2cc(C)ccc2OCCOc2ccc(Cl)cc2Cl)SC1=S. The molecule has 0 unspecified atom stereocenters. The third-order valence-corrected chi connectivity index (χ3v) is 6.04. The van der Waals surface area contributed by atoms with E-state index in [2.05, 4.69) is 6.58 Å². The van der Waals surface area contributed by atoms with Gasteiger partial charge in [-0.25, -0.2) is 0 Å². The summed E-state index contributed by atoms with van der Waals surface area (Å²) in [7, 11) is 0. The first-order valence-corrected chi connectivity index (χ1v) is 11.0. The average Bonchev–Trinajstić information content (AvgIpc) is 2.96. The highest BCUT2D eigenvalue weighted by atomic mass is 35.5. The van der Waals surface area contributed by atoms with Gasteiger partial charge in [0.05, 0.1) is 9.93 Å². The van der Waals surface area contributed by atoms with E-state index in [0.717, 1.165) is 11.1 Å². The fourth-order valence-electron chi connectivity index (χ4n) is 2.74. The van der Waals surface area contributed by atoms with Crippen molar-refractivity contribution in [3.63, 3.8) is 0 Å². The molecule has 2 aromatic rings. The molecule has 0 spiro atoms. The molecule has 1 aliphatic rings. The lowest BCUT2D eigenvalue weighted by atomic mass is 10.1. The molecular formula is C22H19Cl2NO3S2. The normalized spacial score (nSPS) is 15.0. The van der Waals surface area contributed by atoms with Gasteiger partial charge in [-0.1, -0.05) is 64.9 Å². The van der Waals surface area contributed by atoms with Gasteiger partial charge in [-0.05, 0) is 43.3 Å². The minimum atomic E-state index is -0.127. The summed E-state index contributed by atoms with van der Waals surface area (Å²) in [5.41, 5.74) is 1.86. The summed E-state index contributed by atoms with van der Waals surface area (Å²) in [6.07, 6.45) is 3.46. The van der Waals surface area contributed by atoms with Gasteiger partial charge in [0.2, 0.25) is 0 Å². The maximum atomic E-state index is 12.6. The Labute approximate surface area is 195 Å². The number of thioether (sulfide) groups is 1. The van der Waals surface area contributed by atoms with Crippen LogP contribution in [0.25, 0.3) is 6.08 Å². The van der Waals surface area contributed by atoms with Crippen LogP contribution >= 0.6 is 47.2 Å². The van der Waals surface area contributed by atoms with Crippen LogP contribution in [0.2, 0.25) is 10.0 Å². The van der Waals surface area contributed by atoms with Gasteiger partial charge in [0.1, 0.15) is 29.0 Å². The highest BCUT2D eigenvalue weighted by Crippen LogP contribution is 2.34. The predicted molar refractivity (Wildman–Crippen MR) is 129 cm³/mol. The average molecular weight is 480 g/mol. The number of nitrogens with zero attached hydrogens (tertiary/aromatic N) is 1. The summed E-state index contributed by atoms with van der Waals surface area (Å²) in [4.78, 5) is 14.7. The molecule has 2 aromatic carbocycles. The van der Waals surface area contributed by atoms with Crippen molar-refractivity contribution in [2.24, 2.45) is 0 Å². The van der Waals surface area contributed by atoms with E-state index < -0.39 is 0 Å². The molecule has 30 heavy (non-hydrogen) atoms. The molecule has 1 saturated heterocycles. The van der Waals surface area contributed by atoms with Crippen LogP contribution in [0.4, 0.5) is 0 Å². The van der Waals surface area contributed by atoms with Crippen molar-refractivity contribution >= 4 is 63.5 Å². The van der Waals surface area contributed by atoms with Crippen LogP contribution in [0.5, 0.6) is 11.5 Å². The standard InChI is InChI=1S/C22H19Cl2NO3S2/c1-3-8-25-21(26)20(30-22(25)29)12-15-11-14(2)4-6-18(15)27-9-10-28-19-7-5-16(23)13-17(19)24/h3-7,11-13H,1,8-10H2,2H3. The fourth-order valence-corrected chi connectivity index (χ4v) is 4.46. The van der Waals surface area contributed by atoms with Crippen LogP contribution < -0.4 is 9.47 Å². The number of rotatable bonds is 8. The second kappa shape index (κ2) is 10.4. The molecule has 0 aromatic heterocycles. The van der Waals surface area contributed by atoms with Crippen molar-refractivity contribution in [1.82, 2.24) is 4.90 Å². The molecule has 0 saturated carbocycles. The number of ether oxygens (including phenoxy) is 2. The second-order valence-corrected chi connectivity index (χ2v) is 8.91. The molecule has 1 aliphatic heterocycles. The lowest BCUT2D eigenvalue weighted by Gasteiger charge is -2.12. The molecule has 0 bridgehead atoms. The highest BCUT2D eigenvalue weighted by Gasteiger charge is 2.31. The van der Waals surface area contributed by atoms with Crippen molar-refractivity contribution in [3.8, 4) is 11.5 Å². The first kappa shape index (κ1) is 22.7. The van der Waals surface area contributed by atoms with Crippen LogP contribution in [-0.2, 0) is 4.79 Å². The zero-order chi connectivity index (χ0) is 21.7. The van der Waals surface area contributed by atoms with E-state index >= 15 is 0 Å². The summed E-state index contributed by atoms with van der Waals surface area (Å²) >= 11 is 18.6. The molecule has 156 valence electrons. The second-order valence-electron chi connectivity index (χ2n) is 6.39. The van der Waals surface area contributed by atoms with E-state index in [9.17, 15) is 4.79 Å². The van der Waals surface area contributed by atoms with Gasteiger partial charge in [0.15, 0.2) is 0 Å². The Balaban J connectivity index is 1.69. The monoisotopic (exact) mass is 479 g/mol. The molecule has 8 heteroatoms. The number of thiocarbonyl (C=S) groups is 1. The predicted octanol–water partition coefficient (Wildman–Crippen LogP) is 6.15. The van der Waals surface area contributed by atoms with Gasteiger partial charge >= 0.3 is 0 Å². The summed E-state index contributed by atoms with van der Waals surface area (Å²) in [5, 5.41) is 0.992. The van der Waals surface area contributed by atoms with Crippen LogP contribution in [0.3, 0.4) is 0 Å². The number of hydrogen-bond donors (Lipinski definition) is 0. The van der Waals surface area contributed by atoms with E-state index in [1.807, 2.05) is 31.2 Å². The Morgan fingerprint density at radius 1 is 1.13 bits per heavy atom. The number of carbonyl (C=O) groups is 1. The van der Waals surface area contributed by atoms with Crippen LogP contribution in [0.15, 0.2) is 54.0 Å². The molecule has 4 nitrogen and oxygen atoms in total. The van der Waals surface area contributed by atoms with Crippen molar-refractivity contribution in [2.75, 3.05) is 19.8 Å². The number of carbonyl (C=O) groups excluding carboxylic acids is 1. The maximum Gasteiger partial charge on any atom is 0.266 e. The van der Waals surface area contributed by atoms with Gasteiger partial charge in [-0.3, -0.25) is 9.69 Å². The molecular weight excluding hydrogens is 461 g/mol. The summed E-state index contributed by atoms with van der Waals surface area (Å²) in [6, 6.07) is 10.8. The number of aryl methyl sites for hydroxylation is 1. The van der Waals surface area contributed by atoms with E-state index in [0.29, 0.717) is 50.5 Å². The third-order valence-electron chi connectivity index (χ3n) is 4.13. The summed E-state index contributed by atoms with van der Waals surface area (Å²) < 4.78 is 12.1. The maximum absolute atomic E-state index is 12.6. The van der Waals surface area contributed by atoms with Crippen molar-refractivity contribution in [2.45, 2.75) is 6.92 Å². The van der Waals surface area contributed by atoms with Crippen molar-refractivity contribution in [3.05, 3.63) is 75.1 Å². The molecule has 0 N–H and O–H groups in total. The Morgan fingerprint density at radius 2 is 1.83 bits per heavy atom. The Hall–Kier alpha value is -1.99. The summed E-state index contributed by atoms with van der Waals surface area (Å²) in [5.74, 6) is 1.07. The van der Waals surface area contributed by atoms with Crippen molar-refractivity contribution < 1.29 is 14.3 Å². The summed E-state index contributed by atoms with van der Waals surface area (Å²) in [6.45, 7) is 6.65. The van der Waals surface area contributed by atoms with Crippen LogP contribution in [0, 0.1) is 6.92 Å². The van der Waals surface area contributed by atoms with Gasteiger partial charge in [0.25, 0.3) is 5.91 Å². The van der Waals surface area contributed by atoms with Gasteiger partial charge in [0, 0.05) is 17.1 Å². The number of hydrogen-bond acceptors (Lipinski definition) is 5. The number of amides is 1. The largest absolute Gasteiger partial charge is 0.489 e. The molecule has 1 fully saturated rings. The third kappa shape index (κ3) is 5.58. The van der Waals surface area contributed by atoms with E-state index in [4.69, 9.17) is 44.9 Å². The quantitative estimate of drug-likeness (QED) is 0.196. The van der Waals surface area contributed by atoms with Gasteiger partial charge in [-0.2, -0.15) is 0 Å². The van der Waals surface area contributed by atoms with Crippen LogP contribution in [0.1, 0.15) is 11.1 Å². The lowest BCUT2D eigenvalue weighted by Crippen LogP contribution is -2.27. The molecule has 1 amide bonds. The molecule has 0 atom stereocenters. The minimum Gasteiger partial charge on any atom is -0.489 e. The highest BCUT2D eigenvalue weighted by molar-refractivity contribution is 8.26. The fraction of sp³-hybridized carbons (Fsp3) is 0.182. The number of benzene rings is 2.